The summed E-state index contributed by atoms with van der Waals surface area (Å²) >= 11 is 0. The first kappa shape index (κ1) is 83.2. The number of aliphatic imine (C=N–C) groups is 1. The van der Waals surface area contributed by atoms with E-state index < -0.39 is 153 Å². The summed E-state index contributed by atoms with van der Waals surface area (Å²) < 4.78 is 220. The molecule has 0 aliphatic heterocycles. The van der Waals surface area contributed by atoms with E-state index in [1.54, 1.807) is 0 Å². The number of carbonyl (C=O) groups is 4. The number of rotatable bonds is 16. The predicted octanol–water partition coefficient (Wildman–Crippen LogP) is -17.4. The van der Waals surface area contributed by atoms with Crippen LogP contribution in [0, 0.1) is 0 Å². The molecule has 8 rings (SSSR count). The molecule has 0 fully saturated rings. The Labute approximate surface area is 643 Å². The quantitative estimate of drug-likeness (QED) is 0.0226. The van der Waals surface area contributed by atoms with Gasteiger partial charge in [-0.3, -0.25) is 23.7 Å². The SMILES string of the molecule is Cn1cc(N=C([O-])Nc2cc(C(=O)Nc3cc(C(=O)Nc4ccc(S(=O)(=O)[O-])c5cc(S(=O)(=O)[O-])cc(S(=O)(=O)O)c45)n(C)c3)n(C)c2)cc1C(=O)Nc1cc(C(=O)Nc2ccc(S(=O)(=O)[O-])c3cc(S(=O)(=O)[O-])cc(S(=O)(=O)[O-])c23)n(C)c1.[Na+].[Na+].[Na+].[Na+].[Na+].[Na+]. The van der Waals surface area contributed by atoms with Crippen LogP contribution in [-0.2, 0) is 88.9 Å². The molecule has 4 amide bonds. The fraction of sp³-hybridized carbons (Fsp3) is 0.0889. The Bertz CT molecular complexity index is 5000. The maximum Gasteiger partial charge on any atom is 1.00 e. The second kappa shape index (κ2) is 30.9. The molecule has 0 radical (unpaired) electrons. The molecule has 4 aromatic carbocycles. The number of hydrogen-bond acceptors (Lipinski definition) is 23. The van der Waals surface area contributed by atoms with Gasteiger partial charge in [0.05, 0.1) is 64.6 Å². The summed E-state index contributed by atoms with van der Waals surface area (Å²) in [5, 5.41) is 21.4. The van der Waals surface area contributed by atoms with Crippen LogP contribution in [0.25, 0.3) is 21.5 Å². The van der Waals surface area contributed by atoms with Crippen LogP contribution in [0.15, 0.2) is 132 Å². The molecule has 4 aromatic heterocycles. The monoisotopic (exact) mass is 1410 g/mol. The van der Waals surface area contributed by atoms with Crippen molar-refractivity contribution in [2.75, 3.05) is 26.6 Å². The van der Waals surface area contributed by atoms with E-state index in [1.807, 2.05) is 0 Å². The summed E-state index contributed by atoms with van der Waals surface area (Å²) in [7, 11) is -27.9. The summed E-state index contributed by atoms with van der Waals surface area (Å²) in [5.41, 5.74) is -1.96. The van der Waals surface area contributed by atoms with Crippen molar-refractivity contribution in [3.8, 4) is 0 Å². The third-order valence-corrected chi connectivity index (χ3v) is 17.3. The molecule has 90 heavy (non-hydrogen) atoms. The number of anilines is 5. The Morgan fingerprint density at radius 1 is 0.400 bits per heavy atom. The number of aromatic nitrogens is 4. The number of carbonyl (C=O) groups excluding carboxylic acids is 4. The van der Waals surface area contributed by atoms with Crippen molar-refractivity contribution < 1.29 is 279 Å². The molecule has 6 N–H and O–H groups in total. The number of amides is 4. The van der Waals surface area contributed by atoms with Crippen LogP contribution in [-0.4, -0.2) is 126 Å². The average molecular weight is 1410 g/mol. The molecule has 0 spiro atoms. The van der Waals surface area contributed by atoms with Gasteiger partial charge in [-0.1, -0.05) is 0 Å². The minimum atomic E-state index is -5.75. The number of aryl methyl sites for hydroxylation is 4. The van der Waals surface area contributed by atoms with Crippen LogP contribution in [0.2, 0.25) is 0 Å². The molecule has 0 aliphatic rings. The van der Waals surface area contributed by atoms with Crippen molar-refractivity contribution in [3.63, 3.8) is 0 Å². The molecule has 4 heterocycles. The van der Waals surface area contributed by atoms with Crippen molar-refractivity contribution >= 4 is 146 Å². The Kier molecular flexibility index (Phi) is 28.6. The van der Waals surface area contributed by atoms with Gasteiger partial charge in [0.15, 0.2) is 0 Å². The van der Waals surface area contributed by atoms with E-state index in [1.165, 1.54) is 83.4 Å². The Morgan fingerprint density at radius 2 is 0.711 bits per heavy atom. The molecule has 0 aliphatic carbocycles. The molecular formula is C45H34N10Na6O23S6. The van der Waals surface area contributed by atoms with Crippen molar-refractivity contribution in [2.45, 2.75) is 29.4 Å². The molecule has 0 unspecified atom stereocenters. The fourth-order valence-electron chi connectivity index (χ4n) is 8.56. The molecule has 0 atom stereocenters. The van der Waals surface area contributed by atoms with Gasteiger partial charge in [0.25, 0.3) is 33.7 Å². The Hall–Kier alpha value is -2.87. The van der Waals surface area contributed by atoms with Gasteiger partial charge in [0, 0.05) is 74.5 Å². The second-order valence-corrected chi connectivity index (χ2v) is 26.1. The van der Waals surface area contributed by atoms with Gasteiger partial charge < -0.3 is 72.7 Å². The van der Waals surface area contributed by atoms with E-state index in [0.717, 1.165) is 24.3 Å². The molecular weight excluding hydrogens is 1380 g/mol. The number of hydrogen-bond donors (Lipinski definition) is 6. The first-order valence-corrected chi connectivity index (χ1v) is 31.0. The van der Waals surface area contributed by atoms with Crippen LogP contribution < -0.4 is 209 Å². The topological polar surface area (TPSA) is 524 Å². The zero-order valence-electron chi connectivity index (χ0n) is 48.4. The predicted molar refractivity (Wildman–Crippen MR) is 282 cm³/mol. The number of nitrogens with zero attached hydrogens (tertiary/aromatic N) is 5. The molecule has 8 aromatic rings. The zero-order valence-corrected chi connectivity index (χ0v) is 65.3. The van der Waals surface area contributed by atoms with Gasteiger partial charge in [0.1, 0.15) is 78.3 Å². The largest absolute Gasteiger partial charge is 1.00 e. The van der Waals surface area contributed by atoms with Gasteiger partial charge in [-0.15, -0.1) is 0 Å². The second-order valence-electron chi connectivity index (χ2n) is 17.9. The Morgan fingerprint density at radius 3 is 1.06 bits per heavy atom. The average Bonchev–Trinajstić information content (AvgIpc) is 1.06. The minimum absolute atomic E-state index is 0. The molecule has 444 valence electrons. The maximum absolute atomic E-state index is 13.6. The van der Waals surface area contributed by atoms with Crippen LogP contribution in [0.3, 0.4) is 0 Å². The summed E-state index contributed by atoms with van der Waals surface area (Å²) in [6.07, 6.45) is 5.11. The third kappa shape index (κ3) is 18.8. The minimum Gasteiger partial charge on any atom is -0.846 e. The number of benzene rings is 4. The van der Waals surface area contributed by atoms with E-state index in [9.17, 15) is 102 Å². The molecule has 0 bridgehead atoms. The first-order valence-electron chi connectivity index (χ1n) is 22.5. The maximum atomic E-state index is 13.6. The summed E-state index contributed by atoms with van der Waals surface area (Å²) in [4.78, 5) is 50.1. The van der Waals surface area contributed by atoms with Crippen molar-refractivity contribution in [1.29, 1.82) is 0 Å². The van der Waals surface area contributed by atoms with E-state index in [-0.39, 0.29) is 235 Å². The molecule has 0 saturated carbocycles. The fourth-order valence-corrected chi connectivity index (χ4v) is 12.6. The van der Waals surface area contributed by atoms with E-state index in [2.05, 4.69) is 31.6 Å². The van der Waals surface area contributed by atoms with Crippen molar-refractivity contribution in [1.82, 2.24) is 18.3 Å². The zero-order chi connectivity index (χ0) is 62.3. The van der Waals surface area contributed by atoms with Crippen LogP contribution in [0.1, 0.15) is 42.0 Å². The van der Waals surface area contributed by atoms with Gasteiger partial charge in [-0.2, -0.15) is 8.42 Å². The van der Waals surface area contributed by atoms with Crippen molar-refractivity contribution in [2.24, 2.45) is 33.2 Å². The summed E-state index contributed by atoms with van der Waals surface area (Å²) in [6.45, 7) is 0. The Balaban J connectivity index is 0.00000460. The van der Waals surface area contributed by atoms with Crippen LogP contribution in [0.5, 0.6) is 0 Å². The summed E-state index contributed by atoms with van der Waals surface area (Å²) in [5.74, 6) is -3.78. The van der Waals surface area contributed by atoms with Crippen LogP contribution in [0.4, 0.5) is 34.1 Å². The number of fused-ring (bicyclic) bond motifs is 2. The van der Waals surface area contributed by atoms with Crippen LogP contribution >= 0.6 is 0 Å². The van der Waals surface area contributed by atoms with E-state index >= 15 is 0 Å². The number of amidine groups is 1. The normalized spacial score (nSPS) is 12.0. The smallest absolute Gasteiger partial charge is 0.846 e. The molecule has 0 saturated heterocycles. The van der Waals surface area contributed by atoms with Gasteiger partial charge in [-0.05, 0) is 72.8 Å². The third-order valence-electron chi connectivity index (χ3n) is 12.1. The van der Waals surface area contributed by atoms with E-state index in [0.29, 0.717) is 24.3 Å². The number of nitrogens with one attached hydrogen (secondary N) is 5. The van der Waals surface area contributed by atoms with Gasteiger partial charge in [-0.25, -0.2) is 47.1 Å². The molecule has 45 heteroatoms. The van der Waals surface area contributed by atoms with Gasteiger partial charge in [0.2, 0.25) is 0 Å². The van der Waals surface area contributed by atoms with Gasteiger partial charge >= 0.3 is 177 Å². The summed E-state index contributed by atoms with van der Waals surface area (Å²) in [6, 6.07) is 7.46. The van der Waals surface area contributed by atoms with Crippen molar-refractivity contribution in [3.05, 3.63) is 120 Å². The van der Waals surface area contributed by atoms with E-state index in [4.69, 9.17) is 0 Å². The molecule has 33 nitrogen and oxygen atoms in total. The standard InChI is InChI=1S/C45H40N10O23S6.6Na/c1-52-17-21(9-33(52)43(58)50-29-5-7-35(81(67,68)69)27-13-25(79(61,62)63)15-37(39(27)29)83(73,74)75)46-41(56)31-11-23(19-54(31)3)48-45(60)49-24-12-32(55(4)20-24)42(57)47-22-10-34(53(2)18-22)44(59)51-30-6-8-36(82(70,71)72)28-14-26(80(64,65)66)16-38(40(28)30)84(76,77)78;;;;;;/h5-20H,1-4H3,(H,46,56)(H,47,57)(H,50,58)(H,51,59)(H2,48,49,60)(H,61,62,63)(H,64,65,66)(H,67,68,69)(H,70,71,72)(H,73,74,75)(H,76,77,78);;;;;;/q;6*+1/p-6. The first-order chi connectivity index (χ1) is 38.6.